The SMILES string of the molecule is COC(=O)[C@@]12CN(C(=O)c3cccc(-n4cccn4)c3)C[C@@H]1C(C)(C)C2. The zero-order valence-electron chi connectivity index (χ0n) is 15.3. The molecule has 1 aromatic carbocycles. The second-order valence-electron chi connectivity index (χ2n) is 8.05. The van der Waals surface area contributed by atoms with Gasteiger partial charge in [-0.25, -0.2) is 4.68 Å². The topological polar surface area (TPSA) is 64.4 Å². The van der Waals surface area contributed by atoms with Crippen molar-refractivity contribution in [3.05, 3.63) is 48.3 Å². The van der Waals surface area contributed by atoms with Crippen molar-refractivity contribution < 1.29 is 14.3 Å². The number of nitrogens with zero attached hydrogens (tertiary/aromatic N) is 3. The van der Waals surface area contributed by atoms with Gasteiger partial charge in [0.2, 0.25) is 0 Å². The first-order valence-corrected chi connectivity index (χ1v) is 8.85. The molecule has 6 nitrogen and oxygen atoms in total. The fourth-order valence-corrected chi connectivity index (χ4v) is 4.91. The molecule has 1 aromatic heterocycles. The van der Waals surface area contributed by atoms with Gasteiger partial charge in [-0.15, -0.1) is 0 Å². The van der Waals surface area contributed by atoms with E-state index in [0.717, 1.165) is 12.1 Å². The summed E-state index contributed by atoms with van der Waals surface area (Å²) in [5, 5.41) is 4.21. The molecule has 2 heterocycles. The lowest BCUT2D eigenvalue weighted by Crippen LogP contribution is -2.57. The summed E-state index contributed by atoms with van der Waals surface area (Å²) in [6, 6.07) is 9.26. The van der Waals surface area contributed by atoms with Crippen molar-refractivity contribution in [2.24, 2.45) is 16.7 Å². The highest BCUT2D eigenvalue weighted by Gasteiger charge is 2.68. The number of esters is 1. The van der Waals surface area contributed by atoms with Crippen LogP contribution in [0.25, 0.3) is 5.69 Å². The predicted octanol–water partition coefficient (Wildman–Crippen LogP) is 2.53. The number of likely N-dealkylation sites (tertiary alicyclic amines) is 1. The zero-order valence-corrected chi connectivity index (χ0v) is 15.3. The molecule has 6 heteroatoms. The van der Waals surface area contributed by atoms with Gasteiger partial charge in [-0.3, -0.25) is 9.59 Å². The number of benzene rings is 1. The fraction of sp³-hybridized carbons (Fsp3) is 0.450. The number of hydrogen-bond acceptors (Lipinski definition) is 4. The molecule has 2 atom stereocenters. The largest absolute Gasteiger partial charge is 0.469 e. The third kappa shape index (κ3) is 2.35. The Kier molecular flexibility index (Phi) is 3.68. The number of ether oxygens (including phenoxy) is 1. The maximum absolute atomic E-state index is 13.1. The maximum atomic E-state index is 13.1. The van der Waals surface area contributed by atoms with Gasteiger partial charge in [-0.2, -0.15) is 5.10 Å². The van der Waals surface area contributed by atoms with Gasteiger partial charge in [-0.05, 0) is 42.0 Å². The van der Waals surface area contributed by atoms with Gasteiger partial charge >= 0.3 is 5.97 Å². The van der Waals surface area contributed by atoms with E-state index in [1.165, 1.54) is 7.11 Å². The van der Waals surface area contributed by atoms with E-state index < -0.39 is 5.41 Å². The van der Waals surface area contributed by atoms with Gasteiger partial charge in [-0.1, -0.05) is 19.9 Å². The summed E-state index contributed by atoms with van der Waals surface area (Å²) in [7, 11) is 1.43. The number of carbonyl (C=O) groups is 2. The summed E-state index contributed by atoms with van der Waals surface area (Å²) in [6.07, 6.45) is 4.30. The second kappa shape index (κ2) is 5.69. The number of hydrogen-bond donors (Lipinski definition) is 0. The molecular weight excluding hydrogens is 330 g/mol. The Balaban J connectivity index is 1.60. The van der Waals surface area contributed by atoms with Crippen molar-refractivity contribution in [2.75, 3.05) is 20.2 Å². The highest BCUT2D eigenvalue weighted by molar-refractivity contribution is 5.96. The quantitative estimate of drug-likeness (QED) is 0.796. The second-order valence-corrected chi connectivity index (χ2v) is 8.05. The molecule has 2 fully saturated rings. The molecular formula is C20H23N3O3. The van der Waals surface area contributed by atoms with Crippen molar-refractivity contribution in [1.82, 2.24) is 14.7 Å². The Labute approximate surface area is 152 Å². The molecule has 2 aliphatic rings. The third-order valence-corrected chi connectivity index (χ3v) is 6.00. The van der Waals surface area contributed by atoms with Gasteiger partial charge < -0.3 is 9.64 Å². The van der Waals surface area contributed by atoms with E-state index in [2.05, 4.69) is 18.9 Å². The predicted molar refractivity (Wildman–Crippen MR) is 95.8 cm³/mol. The summed E-state index contributed by atoms with van der Waals surface area (Å²) in [6.45, 7) is 5.34. The lowest BCUT2D eigenvalue weighted by molar-refractivity contribution is -0.174. The summed E-state index contributed by atoms with van der Waals surface area (Å²) >= 11 is 0. The van der Waals surface area contributed by atoms with Crippen LogP contribution in [0.3, 0.4) is 0 Å². The number of methoxy groups -OCH3 is 1. The lowest BCUT2D eigenvalue weighted by atomic mass is 9.48. The standard InChI is InChI=1S/C20H23N3O3/c1-19(2)12-20(18(25)26-3)13-22(11-16(19)20)17(24)14-6-4-7-15(10-14)23-9-5-8-21-23/h4-10,16H,11-13H2,1-3H3/t16-,20+/m1/s1. The summed E-state index contributed by atoms with van der Waals surface area (Å²) in [5.74, 6) is -0.101. The van der Waals surface area contributed by atoms with Crippen LogP contribution >= 0.6 is 0 Å². The van der Waals surface area contributed by atoms with Gasteiger partial charge in [0.1, 0.15) is 0 Å². The number of rotatable bonds is 3. The minimum atomic E-state index is -0.548. The van der Waals surface area contributed by atoms with E-state index >= 15 is 0 Å². The minimum absolute atomic E-state index is 0.0418. The van der Waals surface area contributed by atoms with Crippen molar-refractivity contribution in [3.8, 4) is 5.69 Å². The Morgan fingerprint density at radius 3 is 2.73 bits per heavy atom. The smallest absolute Gasteiger partial charge is 0.314 e. The van der Waals surface area contributed by atoms with Gasteiger partial charge in [0.25, 0.3) is 5.91 Å². The van der Waals surface area contributed by atoms with E-state index in [1.807, 2.05) is 36.5 Å². The van der Waals surface area contributed by atoms with Crippen LogP contribution in [0.5, 0.6) is 0 Å². The van der Waals surface area contributed by atoms with Crippen LogP contribution in [-0.4, -0.2) is 46.8 Å². The van der Waals surface area contributed by atoms with Crippen LogP contribution in [0.15, 0.2) is 42.7 Å². The normalized spacial score (nSPS) is 26.1. The van der Waals surface area contributed by atoms with Crippen molar-refractivity contribution in [2.45, 2.75) is 20.3 Å². The van der Waals surface area contributed by atoms with E-state index in [0.29, 0.717) is 18.7 Å². The molecule has 136 valence electrons. The fourth-order valence-electron chi connectivity index (χ4n) is 4.91. The highest BCUT2D eigenvalue weighted by atomic mass is 16.5. The van der Waals surface area contributed by atoms with E-state index in [1.54, 1.807) is 15.8 Å². The lowest BCUT2D eigenvalue weighted by Gasteiger charge is -2.54. The van der Waals surface area contributed by atoms with Crippen LogP contribution in [-0.2, 0) is 9.53 Å². The Morgan fingerprint density at radius 2 is 2.08 bits per heavy atom. The number of amides is 1. The molecule has 4 rings (SSSR count). The van der Waals surface area contributed by atoms with Gasteiger partial charge in [0.05, 0.1) is 18.2 Å². The Hall–Kier alpha value is -2.63. The van der Waals surface area contributed by atoms with Crippen LogP contribution < -0.4 is 0 Å². The summed E-state index contributed by atoms with van der Waals surface area (Å²) in [5.41, 5.74) is 0.941. The van der Waals surface area contributed by atoms with Crippen molar-refractivity contribution in [1.29, 1.82) is 0 Å². The summed E-state index contributed by atoms with van der Waals surface area (Å²) < 4.78 is 6.79. The molecule has 2 aromatic rings. The highest BCUT2D eigenvalue weighted by Crippen LogP contribution is 2.63. The molecule has 0 bridgehead atoms. The first-order valence-electron chi connectivity index (χ1n) is 8.85. The molecule has 26 heavy (non-hydrogen) atoms. The van der Waals surface area contributed by atoms with Crippen LogP contribution in [0.4, 0.5) is 0 Å². The molecule has 0 spiro atoms. The zero-order chi connectivity index (χ0) is 18.5. The number of fused-ring (bicyclic) bond motifs is 1. The first-order chi connectivity index (χ1) is 12.4. The average Bonchev–Trinajstić information content (AvgIpc) is 3.27. The molecule has 1 aliphatic heterocycles. The van der Waals surface area contributed by atoms with Crippen LogP contribution in [0.2, 0.25) is 0 Å². The van der Waals surface area contributed by atoms with Crippen LogP contribution in [0.1, 0.15) is 30.6 Å². The molecule has 1 saturated carbocycles. The maximum Gasteiger partial charge on any atom is 0.314 e. The summed E-state index contributed by atoms with van der Waals surface area (Å²) in [4.78, 5) is 27.3. The average molecular weight is 353 g/mol. The van der Waals surface area contributed by atoms with E-state index in [-0.39, 0.29) is 23.2 Å². The third-order valence-electron chi connectivity index (χ3n) is 6.00. The first kappa shape index (κ1) is 16.8. The molecule has 0 radical (unpaired) electrons. The number of aromatic nitrogens is 2. The van der Waals surface area contributed by atoms with Crippen molar-refractivity contribution in [3.63, 3.8) is 0 Å². The Bertz CT molecular complexity index is 859. The van der Waals surface area contributed by atoms with E-state index in [9.17, 15) is 9.59 Å². The molecule has 0 N–H and O–H groups in total. The van der Waals surface area contributed by atoms with E-state index in [4.69, 9.17) is 4.74 Å². The molecule has 0 unspecified atom stereocenters. The minimum Gasteiger partial charge on any atom is -0.469 e. The molecule has 1 amide bonds. The molecule has 1 saturated heterocycles. The van der Waals surface area contributed by atoms with Gasteiger partial charge in [0.15, 0.2) is 0 Å². The van der Waals surface area contributed by atoms with Gasteiger partial charge in [0, 0.05) is 31.0 Å². The van der Waals surface area contributed by atoms with Crippen LogP contribution in [0, 0.1) is 16.7 Å². The number of carbonyl (C=O) groups excluding carboxylic acids is 2. The Morgan fingerprint density at radius 1 is 1.27 bits per heavy atom. The molecule has 1 aliphatic carbocycles. The van der Waals surface area contributed by atoms with Crippen molar-refractivity contribution >= 4 is 11.9 Å². The monoisotopic (exact) mass is 353 g/mol.